The van der Waals surface area contributed by atoms with Gasteiger partial charge >= 0.3 is 0 Å². The van der Waals surface area contributed by atoms with E-state index in [1.165, 1.54) is 19.3 Å². The molecule has 23 heavy (non-hydrogen) atoms. The number of rotatable bonds is 3. The molecule has 0 spiro atoms. The van der Waals surface area contributed by atoms with Gasteiger partial charge in [0.15, 0.2) is 0 Å². The molecule has 0 radical (unpaired) electrons. The van der Waals surface area contributed by atoms with Crippen molar-refractivity contribution in [3.8, 4) is 0 Å². The van der Waals surface area contributed by atoms with Gasteiger partial charge in [0.25, 0.3) is 0 Å². The number of hydrogen-bond acceptors (Lipinski definition) is 5. The van der Waals surface area contributed by atoms with Crippen LogP contribution in [0.5, 0.6) is 0 Å². The minimum atomic E-state index is 0.789. The van der Waals surface area contributed by atoms with E-state index in [0.29, 0.717) is 0 Å². The molecule has 4 heterocycles. The van der Waals surface area contributed by atoms with E-state index in [4.69, 9.17) is 0 Å². The lowest BCUT2D eigenvalue weighted by atomic mass is 10.1. The third kappa shape index (κ3) is 2.97. The van der Waals surface area contributed by atoms with Crippen molar-refractivity contribution < 1.29 is 0 Å². The summed E-state index contributed by atoms with van der Waals surface area (Å²) in [7, 11) is 0. The van der Waals surface area contributed by atoms with Crippen LogP contribution in [0.1, 0.15) is 25.1 Å². The summed E-state index contributed by atoms with van der Waals surface area (Å²) < 4.78 is 1.98. The second-order valence-corrected chi connectivity index (χ2v) is 5.94. The van der Waals surface area contributed by atoms with E-state index in [2.05, 4.69) is 25.2 Å². The molecule has 0 unspecified atom stereocenters. The SMILES string of the molecule is Cc1nc(Nc2ccn3ccnc3c2)cc(N2CCCCC2)n1. The molecule has 6 nitrogen and oxygen atoms in total. The van der Waals surface area contributed by atoms with Crippen LogP contribution in [0.15, 0.2) is 36.8 Å². The highest BCUT2D eigenvalue weighted by Crippen LogP contribution is 2.23. The van der Waals surface area contributed by atoms with E-state index in [1.54, 1.807) is 6.20 Å². The van der Waals surface area contributed by atoms with Crippen molar-refractivity contribution in [2.45, 2.75) is 26.2 Å². The fourth-order valence-corrected chi connectivity index (χ4v) is 3.04. The maximum atomic E-state index is 4.60. The van der Waals surface area contributed by atoms with E-state index in [0.717, 1.165) is 41.9 Å². The van der Waals surface area contributed by atoms with Crippen LogP contribution in [0, 0.1) is 6.92 Å². The van der Waals surface area contributed by atoms with Gasteiger partial charge in [0, 0.05) is 49.5 Å². The van der Waals surface area contributed by atoms with Gasteiger partial charge in [-0.25, -0.2) is 15.0 Å². The van der Waals surface area contributed by atoms with E-state index in [9.17, 15) is 0 Å². The van der Waals surface area contributed by atoms with Crippen LogP contribution in [-0.4, -0.2) is 32.4 Å². The Balaban J connectivity index is 1.61. The Bertz CT molecular complexity index is 819. The molecular formula is C17H20N6. The minimum Gasteiger partial charge on any atom is -0.356 e. The van der Waals surface area contributed by atoms with Gasteiger partial charge < -0.3 is 14.6 Å². The second kappa shape index (κ2) is 5.87. The molecule has 0 atom stereocenters. The summed E-state index contributed by atoms with van der Waals surface area (Å²) in [5.74, 6) is 2.63. The molecule has 0 saturated carbocycles. The lowest BCUT2D eigenvalue weighted by Gasteiger charge is -2.28. The zero-order valence-corrected chi connectivity index (χ0v) is 13.2. The average Bonchev–Trinajstić information content (AvgIpc) is 3.03. The lowest BCUT2D eigenvalue weighted by molar-refractivity contribution is 0.572. The molecule has 3 aromatic rings. The molecule has 0 amide bonds. The highest BCUT2D eigenvalue weighted by atomic mass is 15.2. The monoisotopic (exact) mass is 308 g/mol. The number of fused-ring (bicyclic) bond motifs is 1. The van der Waals surface area contributed by atoms with Gasteiger partial charge in [-0.2, -0.15) is 0 Å². The van der Waals surface area contributed by atoms with E-state index in [1.807, 2.05) is 41.9 Å². The molecular weight excluding hydrogens is 288 g/mol. The van der Waals surface area contributed by atoms with E-state index >= 15 is 0 Å². The zero-order valence-electron chi connectivity index (χ0n) is 13.2. The first-order chi connectivity index (χ1) is 11.3. The Morgan fingerprint density at radius 3 is 2.78 bits per heavy atom. The number of imidazole rings is 1. The number of hydrogen-bond donors (Lipinski definition) is 1. The van der Waals surface area contributed by atoms with Gasteiger partial charge in [0.2, 0.25) is 0 Å². The molecule has 0 bridgehead atoms. The van der Waals surface area contributed by atoms with E-state index < -0.39 is 0 Å². The third-order valence-electron chi connectivity index (χ3n) is 4.17. The van der Waals surface area contributed by atoms with Crippen LogP contribution in [0.25, 0.3) is 5.65 Å². The van der Waals surface area contributed by atoms with Crippen LogP contribution < -0.4 is 10.2 Å². The van der Waals surface area contributed by atoms with Crippen molar-refractivity contribution in [1.82, 2.24) is 19.4 Å². The Morgan fingerprint density at radius 1 is 1.04 bits per heavy atom. The number of piperidine rings is 1. The topological polar surface area (TPSA) is 58.4 Å². The Kier molecular flexibility index (Phi) is 3.57. The molecule has 4 rings (SSSR count). The van der Waals surface area contributed by atoms with Crippen LogP contribution in [0.4, 0.5) is 17.3 Å². The predicted octanol–water partition coefficient (Wildman–Crippen LogP) is 3.17. The minimum absolute atomic E-state index is 0.789. The molecule has 3 aromatic heterocycles. The number of nitrogens with zero attached hydrogens (tertiary/aromatic N) is 5. The highest BCUT2D eigenvalue weighted by Gasteiger charge is 2.14. The Labute approximate surface area is 135 Å². The first kappa shape index (κ1) is 14.0. The molecule has 0 aromatic carbocycles. The van der Waals surface area contributed by atoms with Gasteiger partial charge in [-0.15, -0.1) is 0 Å². The fourth-order valence-electron chi connectivity index (χ4n) is 3.04. The Morgan fingerprint density at radius 2 is 1.91 bits per heavy atom. The van der Waals surface area contributed by atoms with Gasteiger partial charge in [-0.1, -0.05) is 0 Å². The Hall–Kier alpha value is -2.63. The summed E-state index contributed by atoms with van der Waals surface area (Å²) in [5.41, 5.74) is 1.89. The van der Waals surface area contributed by atoms with Crippen molar-refractivity contribution in [3.63, 3.8) is 0 Å². The van der Waals surface area contributed by atoms with Gasteiger partial charge in [0.1, 0.15) is 23.1 Å². The van der Waals surface area contributed by atoms with Crippen molar-refractivity contribution in [1.29, 1.82) is 0 Å². The molecule has 1 N–H and O–H groups in total. The standard InChI is InChI=1S/C17H20N6/c1-13-19-15(12-17(20-13)22-7-3-2-4-8-22)21-14-5-9-23-10-6-18-16(23)11-14/h5-6,9-12H,2-4,7-8H2,1H3,(H,19,20,21). The van der Waals surface area contributed by atoms with Crippen molar-refractivity contribution in [2.75, 3.05) is 23.3 Å². The molecule has 1 saturated heterocycles. The molecule has 1 fully saturated rings. The average molecular weight is 308 g/mol. The number of aryl methyl sites for hydroxylation is 1. The zero-order chi connectivity index (χ0) is 15.6. The largest absolute Gasteiger partial charge is 0.356 e. The lowest BCUT2D eigenvalue weighted by Crippen LogP contribution is -2.30. The number of pyridine rings is 1. The summed E-state index contributed by atoms with van der Waals surface area (Å²) >= 11 is 0. The number of aromatic nitrogens is 4. The summed E-state index contributed by atoms with van der Waals surface area (Å²) in [6.07, 6.45) is 9.51. The normalized spacial score (nSPS) is 15.1. The predicted molar refractivity (Wildman–Crippen MR) is 91.3 cm³/mol. The third-order valence-corrected chi connectivity index (χ3v) is 4.17. The molecule has 1 aliphatic heterocycles. The maximum absolute atomic E-state index is 4.60. The summed E-state index contributed by atoms with van der Waals surface area (Å²) in [4.78, 5) is 15.8. The van der Waals surface area contributed by atoms with Crippen LogP contribution in [0.2, 0.25) is 0 Å². The molecule has 118 valence electrons. The highest BCUT2D eigenvalue weighted by molar-refractivity contribution is 5.63. The molecule has 1 aliphatic rings. The van der Waals surface area contributed by atoms with Crippen LogP contribution in [0.3, 0.4) is 0 Å². The maximum Gasteiger partial charge on any atom is 0.138 e. The summed E-state index contributed by atoms with van der Waals surface area (Å²) in [6.45, 7) is 4.10. The number of anilines is 3. The molecule has 6 heteroatoms. The van der Waals surface area contributed by atoms with E-state index in [-0.39, 0.29) is 0 Å². The van der Waals surface area contributed by atoms with Gasteiger partial charge in [0.05, 0.1) is 0 Å². The quantitative estimate of drug-likeness (QED) is 0.805. The van der Waals surface area contributed by atoms with Gasteiger partial charge in [-0.05, 0) is 32.3 Å². The first-order valence-electron chi connectivity index (χ1n) is 8.08. The fraction of sp³-hybridized carbons (Fsp3) is 0.353. The van der Waals surface area contributed by atoms with Gasteiger partial charge in [-0.3, -0.25) is 0 Å². The summed E-state index contributed by atoms with van der Waals surface area (Å²) in [5, 5.41) is 3.38. The smallest absolute Gasteiger partial charge is 0.138 e. The van der Waals surface area contributed by atoms with Crippen molar-refractivity contribution in [3.05, 3.63) is 42.6 Å². The van der Waals surface area contributed by atoms with Crippen LogP contribution in [-0.2, 0) is 0 Å². The first-order valence-corrected chi connectivity index (χ1v) is 8.08. The van der Waals surface area contributed by atoms with Crippen LogP contribution >= 0.6 is 0 Å². The number of nitrogens with one attached hydrogen (secondary N) is 1. The van der Waals surface area contributed by atoms with Crippen molar-refractivity contribution in [2.24, 2.45) is 0 Å². The molecule has 0 aliphatic carbocycles. The second-order valence-electron chi connectivity index (χ2n) is 5.94. The summed E-state index contributed by atoms with van der Waals surface area (Å²) in [6, 6.07) is 6.07. The van der Waals surface area contributed by atoms with Crippen molar-refractivity contribution >= 4 is 23.0 Å².